The van der Waals surface area contributed by atoms with E-state index in [-0.39, 0.29) is 5.78 Å². The van der Waals surface area contributed by atoms with Gasteiger partial charge in [0.15, 0.2) is 5.78 Å². The number of benzene rings is 3. The zero-order valence-electron chi connectivity index (χ0n) is 13.3. The second-order valence-corrected chi connectivity index (χ2v) is 6.41. The van der Waals surface area contributed by atoms with Crippen molar-refractivity contribution in [2.45, 2.75) is 5.75 Å². The van der Waals surface area contributed by atoms with Crippen LogP contribution in [0.4, 0.5) is 0 Å². The summed E-state index contributed by atoms with van der Waals surface area (Å²) in [7, 11) is 0. The van der Waals surface area contributed by atoms with Crippen molar-refractivity contribution < 1.29 is 4.79 Å². The maximum atomic E-state index is 12.9. The van der Waals surface area contributed by atoms with E-state index in [1.54, 1.807) is 11.8 Å². The van der Waals surface area contributed by atoms with Crippen LogP contribution in [-0.2, 0) is 5.75 Å². The quantitative estimate of drug-likeness (QED) is 0.417. The number of hydrogen-bond acceptors (Lipinski definition) is 2. The van der Waals surface area contributed by atoms with Gasteiger partial charge in [-0.25, -0.2) is 0 Å². The van der Waals surface area contributed by atoms with Crippen molar-refractivity contribution in [3.05, 3.63) is 113 Å². The third-order valence-electron chi connectivity index (χ3n) is 3.59. The van der Waals surface area contributed by atoms with Crippen molar-refractivity contribution in [3.63, 3.8) is 0 Å². The van der Waals surface area contributed by atoms with Gasteiger partial charge >= 0.3 is 0 Å². The Morgan fingerprint density at radius 3 is 1.92 bits per heavy atom. The van der Waals surface area contributed by atoms with Gasteiger partial charge < -0.3 is 0 Å². The first kappa shape index (κ1) is 16.3. The molecule has 0 aliphatic carbocycles. The third kappa shape index (κ3) is 4.46. The summed E-state index contributed by atoms with van der Waals surface area (Å²) in [5.41, 5.74) is 2.97. The fraction of sp³-hybridized carbons (Fsp3) is 0.0455. The van der Waals surface area contributed by atoms with Crippen LogP contribution in [0.1, 0.15) is 21.5 Å². The molecule has 3 aromatic rings. The van der Waals surface area contributed by atoms with E-state index >= 15 is 0 Å². The molecule has 3 aromatic carbocycles. The van der Waals surface area contributed by atoms with E-state index in [2.05, 4.69) is 12.1 Å². The molecule has 0 N–H and O–H groups in total. The lowest BCUT2D eigenvalue weighted by Crippen LogP contribution is -2.01. The second-order valence-electron chi connectivity index (χ2n) is 5.39. The number of thioether (sulfide) groups is 1. The van der Waals surface area contributed by atoms with Crippen LogP contribution in [0.25, 0.3) is 6.08 Å². The van der Waals surface area contributed by atoms with E-state index < -0.39 is 0 Å². The Bertz CT molecular complexity index is 808. The first-order valence-electron chi connectivity index (χ1n) is 7.86. The first-order chi connectivity index (χ1) is 11.8. The van der Waals surface area contributed by atoms with Crippen molar-refractivity contribution in [1.29, 1.82) is 0 Å². The smallest absolute Gasteiger partial charge is 0.199 e. The van der Waals surface area contributed by atoms with E-state index in [0.717, 1.165) is 21.8 Å². The number of hydrogen-bond donors (Lipinski definition) is 0. The van der Waals surface area contributed by atoms with Crippen molar-refractivity contribution in [2.24, 2.45) is 0 Å². The third-order valence-corrected chi connectivity index (χ3v) is 4.69. The molecule has 0 aromatic heterocycles. The lowest BCUT2D eigenvalue weighted by Gasteiger charge is -2.08. The topological polar surface area (TPSA) is 17.1 Å². The Morgan fingerprint density at radius 1 is 0.750 bits per heavy atom. The van der Waals surface area contributed by atoms with Crippen molar-refractivity contribution in [2.75, 3.05) is 0 Å². The molecule has 0 bridgehead atoms. The average Bonchev–Trinajstić information content (AvgIpc) is 2.67. The molecule has 118 valence electrons. The van der Waals surface area contributed by atoms with Crippen LogP contribution >= 0.6 is 11.8 Å². The SMILES string of the molecule is O=C(C(=Cc1ccccc1)SCc1ccccc1)c1ccccc1. The van der Waals surface area contributed by atoms with Crippen LogP contribution in [0.15, 0.2) is 95.9 Å². The minimum Gasteiger partial charge on any atom is -0.288 e. The van der Waals surface area contributed by atoms with Crippen LogP contribution in [0.5, 0.6) is 0 Å². The lowest BCUT2D eigenvalue weighted by molar-refractivity contribution is 0.104. The maximum Gasteiger partial charge on any atom is 0.199 e. The Labute approximate surface area is 147 Å². The Morgan fingerprint density at radius 2 is 1.29 bits per heavy atom. The largest absolute Gasteiger partial charge is 0.288 e. The van der Waals surface area contributed by atoms with Crippen molar-refractivity contribution >= 4 is 23.6 Å². The summed E-state index contributed by atoms with van der Waals surface area (Å²) in [4.78, 5) is 13.6. The first-order valence-corrected chi connectivity index (χ1v) is 8.85. The monoisotopic (exact) mass is 330 g/mol. The zero-order valence-corrected chi connectivity index (χ0v) is 14.1. The zero-order chi connectivity index (χ0) is 16.6. The highest BCUT2D eigenvalue weighted by molar-refractivity contribution is 8.03. The van der Waals surface area contributed by atoms with Crippen LogP contribution in [0.3, 0.4) is 0 Å². The van der Waals surface area contributed by atoms with Gasteiger partial charge in [0.25, 0.3) is 0 Å². The highest BCUT2D eigenvalue weighted by Crippen LogP contribution is 2.27. The van der Waals surface area contributed by atoms with Crippen LogP contribution in [0.2, 0.25) is 0 Å². The van der Waals surface area contributed by atoms with Gasteiger partial charge in [-0.1, -0.05) is 91.0 Å². The highest BCUT2D eigenvalue weighted by atomic mass is 32.2. The summed E-state index contributed by atoms with van der Waals surface area (Å²) in [5, 5.41) is 0. The highest BCUT2D eigenvalue weighted by Gasteiger charge is 2.13. The average molecular weight is 330 g/mol. The van der Waals surface area contributed by atoms with Gasteiger partial charge in [-0.05, 0) is 17.2 Å². The summed E-state index contributed by atoms with van der Waals surface area (Å²) >= 11 is 1.58. The standard InChI is InChI=1S/C22H18OS/c23-22(20-14-8-3-9-15-20)21(16-18-10-4-1-5-11-18)24-17-19-12-6-2-7-13-19/h1-16H,17H2. The Kier molecular flexibility index (Phi) is 5.65. The van der Waals surface area contributed by atoms with Gasteiger partial charge in [-0.3, -0.25) is 4.79 Å². The van der Waals surface area contributed by atoms with Gasteiger partial charge in [0.1, 0.15) is 0 Å². The summed E-state index contributed by atoms with van der Waals surface area (Å²) in [6, 6.07) is 29.6. The molecule has 24 heavy (non-hydrogen) atoms. The van der Waals surface area contributed by atoms with Gasteiger partial charge in [-0.2, -0.15) is 0 Å². The molecule has 0 atom stereocenters. The fourth-order valence-electron chi connectivity index (χ4n) is 2.34. The molecule has 0 spiro atoms. The van der Waals surface area contributed by atoms with E-state index in [1.807, 2.05) is 84.9 Å². The normalized spacial score (nSPS) is 11.2. The van der Waals surface area contributed by atoms with Gasteiger partial charge in [-0.15, -0.1) is 11.8 Å². The number of ketones is 1. The molecule has 0 saturated heterocycles. The molecule has 0 aliphatic heterocycles. The fourth-order valence-corrected chi connectivity index (χ4v) is 3.32. The molecular weight excluding hydrogens is 312 g/mol. The molecule has 0 amide bonds. The number of carbonyl (C=O) groups is 1. The van der Waals surface area contributed by atoms with Crippen LogP contribution < -0.4 is 0 Å². The number of Topliss-reactive ketones (excluding diaryl/α,β-unsaturated/α-hetero) is 1. The van der Waals surface area contributed by atoms with Gasteiger partial charge in [0, 0.05) is 11.3 Å². The van der Waals surface area contributed by atoms with Gasteiger partial charge in [0.05, 0.1) is 4.91 Å². The molecule has 0 heterocycles. The molecule has 0 radical (unpaired) electrons. The number of rotatable bonds is 6. The Balaban J connectivity index is 1.86. The molecule has 0 saturated carbocycles. The molecule has 1 nitrogen and oxygen atoms in total. The minimum absolute atomic E-state index is 0.0698. The number of allylic oxidation sites excluding steroid dienone is 1. The lowest BCUT2D eigenvalue weighted by atomic mass is 10.1. The van der Waals surface area contributed by atoms with E-state index in [0.29, 0.717) is 0 Å². The summed E-state index contributed by atoms with van der Waals surface area (Å²) in [6.07, 6.45) is 1.98. The van der Waals surface area contributed by atoms with E-state index in [9.17, 15) is 4.79 Å². The maximum absolute atomic E-state index is 12.9. The summed E-state index contributed by atoms with van der Waals surface area (Å²) < 4.78 is 0. The summed E-state index contributed by atoms with van der Waals surface area (Å²) in [6.45, 7) is 0. The van der Waals surface area contributed by atoms with Gasteiger partial charge in [0.2, 0.25) is 0 Å². The second kappa shape index (κ2) is 8.32. The molecule has 0 unspecified atom stereocenters. The van der Waals surface area contributed by atoms with Crippen molar-refractivity contribution in [1.82, 2.24) is 0 Å². The Hall–Kier alpha value is -2.58. The predicted octanol–water partition coefficient (Wildman–Crippen LogP) is 5.84. The molecule has 0 fully saturated rings. The predicted molar refractivity (Wildman–Crippen MR) is 103 cm³/mol. The minimum atomic E-state index is 0.0698. The molecular formula is C22H18OS. The number of carbonyl (C=O) groups excluding carboxylic acids is 1. The summed E-state index contributed by atoms with van der Waals surface area (Å²) in [5.74, 6) is 0.846. The molecule has 0 aliphatic rings. The van der Waals surface area contributed by atoms with Crippen molar-refractivity contribution in [3.8, 4) is 0 Å². The van der Waals surface area contributed by atoms with E-state index in [1.165, 1.54) is 5.56 Å². The van der Waals surface area contributed by atoms with Crippen LogP contribution in [0, 0.1) is 0 Å². The molecule has 3 rings (SSSR count). The van der Waals surface area contributed by atoms with Crippen LogP contribution in [-0.4, -0.2) is 5.78 Å². The van der Waals surface area contributed by atoms with E-state index in [4.69, 9.17) is 0 Å². The molecule has 2 heteroatoms.